The molecule has 166 valence electrons. The number of halogens is 3. The molecule has 0 bridgehead atoms. The highest BCUT2D eigenvalue weighted by molar-refractivity contribution is 6.37. The predicted octanol–water partition coefficient (Wildman–Crippen LogP) is 5.20. The number of hydrogen-bond donors (Lipinski definition) is 0. The van der Waals surface area contributed by atoms with Crippen LogP contribution in [0.1, 0.15) is 26.3 Å². The number of ether oxygens (including phenoxy) is 4. The Kier molecular flexibility index (Phi) is 7.40. The van der Waals surface area contributed by atoms with E-state index in [9.17, 15) is 9.59 Å². The molecule has 1 heterocycles. The van der Waals surface area contributed by atoms with E-state index < -0.39 is 11.9 Å². The van der Waals surface area contributed by atoms with Crippen molar-refractivity contribution in [3.8, 4) is 23.3 Å². The van der Waals surface area contributed by atoms with E-state index in [0.717, 1.165) is 0 Å². The minimum absolute atomic E-state index is 0.0502. The first kappa shape index (κ1) is 23.6. The van der Waals surface area contributed by atoms with Crippen molar-refractivity contribution < 1.29 is 28.5 Å². The van der Waals surface area contributed by atoms with Crippen molar-refractivity contribution >= 4 is 46.7 Å². The number of aromatic nitrogens is 2. The Morgan fingerprint density at radius 3 is 1.59 bits per heavy atom. The first-order valence-corrected chi connectivity index (χ1v) is 10.0. The quantitative estimate of drug-likeness (QED) is 0.429. The Hall–Kier alpha value is -3.07. The van der Waals surface area contributed by atoms with Crippen LogP contribution in [-0.4, -0.2) is 36.4 Å². The molecule has 0 saturated carbocycles. The largest absolute Gasteiger partial charge is 0.496 e. The number of benzene rings is 2. The molecule has 0 fully saturated rings. The van der Waals surface area contributed by atoms with E-state index in [-0.39, 0.29) is 49.5 Å². The Labute approximate surface area is 197 Å². The molecule has 0 saturated heterocycles. The molecule has 0 aliphatic rings. The first-order chi connectivity index (χ1) is 15.3. The fourth-order valence-electron chi connectivity index (χ4n) is 2.75. The third-order valence-electron chi connectivity index (χ3n) is 4.19. The monoisotopic (exact) mass is 496 g/mol. The molecule has 0 aliphatic carbocycles. The number of nitrogens with zero attached hydrogens (tertiary/aromatic N) is 2. The second-order valence-corrected chi connectivity index (χ2v) is 7.42. The van der Waals surface area contributed by atoms with Crippen LogP contribution in [0.4, 0.5) is 0 Å². The molecule has 0 amide bonds. The molecule has 1 aromatic heterocycles. The third kappa shape index (κ3) is 4.88. The molecule has 3 rings (SSSR count). The lowest BCUT2D eigenvalue weighted by Gasteiger charge is -2.12. The average Bonchev–Trinajstić information content (AvgIpc) is 2.77. The highest BCUT2D eigenvalue weighted by Crippen LogP contribution is 2.34. The number of esters is 2. The van der Waals surface area contributed by atoms with Gasteiger partial charge in [-0.25, -0.2) is 9.59 Å². The summed E-state index contributed by atoms with van der Waals surface area (Å²) < 4.78 is 20.8. The van der Waals surface area contributed by atoms with Crippen LogP contribution in [0, 0.1) is 6.92 Å². The van der Waals surface area contributed by atoms with Gasteiger partial charge in [0.05, 0.1) is 29.3 Å². The zero-order chi connectivity index (χ0) is 23.4. The molecule has 0 spiro atoms. The van der Waals surface area contributed by atoms with Gasteiger partial charge < -0.3 is 18.9 Å². The van der Waals surface area contributed by atoms with Gasteiger partial charge in [0.2, 0.25) is 11.8 Å². The molecule has 0 unspecified atom stereocenters. The van der Waals surface area contributed by atoms with Gasteiger partial charge in [0, 0.05) is 12.1 Å². The lowest BCUT2D eigenvalue weighted by Crippen LogP contribution is -2.14. The van der Waals surface area contributed by atoms with Crippen molar-refractivity contribution in [2.45, 2.75) is 6.92 Å². The van der Waals surface area contributed by atoms with Gasteiger partial charge in [0.15, 0.2) is 5.75 Å². The van der Waals surface area contributed by atoms with Gasteiger partial charge in [-0.2, -0.15) is 0 Å². The van der Waals surface area contributed by atoms with Crippen LogP contribution < -0.4 is 18.9 Å². The summed E-state index contributed by atoms with van der Waals surface area (Å²) in [6.45, 7) is 1.76. The molecule has 8 nitrogen and oxygen atoms in total. The summed E-state index contributed by atoms with van der Waals surface area (Å²) in [5.74, 6) is -1.61. The van der Waals surface area contributed by atoms with Crippen LogP contribution in [0.3, 0.4) is 0 Å². The average molecular weight is 498 g/mol. The second-order valence-electron chi connectivity index (χ2n) is 6.20. The standard InChI is InChI=1S/C21H15Cl3N2O6/c1-10-4-5-11(22)16(18(10)29-2)20(27)31-14-8-9-15(26-25-14)32-21(28)17-12(23)6-7-13(24)19(17)30-3/h4-9H,1-3H3. The van der Waals surface area contributed by atoms with Crippen LogP contribution in [0.15, 0.2) is 36.4 Å². The summed E-state index contributed by atoms with van der Waals surface area (Å²) in [6.07, 6.45) is 0. The summed E-state index contributed by atoms with van der Waals surface area (Å²) in [5.41, 5.74) is 0.682. The van der Waals surface area contributed by atoms with Crippen molar-refractivity contribution in [1.82, 2.24) is 10.2 Å². The molecular formula is C21H15Cl3N2O6. The maximum Gasteiger partial charge on any atom is 0.350 e. The van der Waals surface area contributed by atoms with Crippen LogP contribution in [0.5, 0.6) is 23.3 Å². The highest BCUT2D eigenvalue weighted by atomic mass is 35.5. The maximum atomic E-state index is 12.6. The highest BCUT2D eigenvalue weighted by Gasteiger charge is 2.23. The van der Waals surface area contributed by atoms with Gasteiger partial charge in [-0.3, -0.25) is 0 Å². The van der Waals surface area contributed by atoms with Crippen molar-refractivity contribution in [3.05, 3.63) is 68.2 Å². The van der Waals surface area contributed by atoms with Crippen LogP contribution in [-0.2, 0) is 0 Å². The van der Waals surface area contributed by atoms with E-state index in [2.05, 4.69) is 10.2 Å². The van der Waals surface area contributed by atoms with Crippen LogP contribution in [0.25, 0.3) is 0 Å². The summed E-state index contributed by atoms with van der Waals surface area (Å²) in [5, 5.41) is 7.89. The molecular weight excluding hydrogens is 483 g/mol. The molecule has 0 N–H and O–H groups in total. The third-order valence-corrected chi connectivity index (χ3v) is 5.12. The Morgan fingerprint density at radius 1 is 0.688 bits per heavy atom. The normalized spacial score (nSPS) is 10.4. The Balaban J connectivity index is 1.77. The van der Waals surface area contributed by atoms with Gasteiger partial charge in [0.1, 0.15) is 16.9 Å². The summed E-state index contributed by atoms with van der Waals surface area (Å²) in [6, 6.07) is 8.76. The van der Waals surface area contributed by atoms with Crippen LogP contribution >= 0.6 is 34.8 Å². The van der Waals surface area contributed by atoms with E-state index in [1.807, 2.05) is 0 Å². The summed E-state index contributed by atoms with van der Waals surface area (Å²) >= 11 is 18.2. The zero-order valence-corrected chi connectivity index (χ0v) is 19.2. The minimum atomic E-state index is -0.857. The van der Waals surface area contributed by atoms with Gasteiger partial charge in [0.25, 0.3) is 0 Å². The molecule has 3 aromatic rings. The summed E-state index contributed by atoms with van der Waals surface area (Å²) in [4.78, 5) is 25.1. The van der Waals surface area contributed by atoms with E-state index in [1.54, 1.807) is 19.1 Å². The van der Waals surface area contributed by atoms with Crippen LogP contribution in [0.2, 0.25) is 15.1 Å². The number of hydrogen-bond acceptors (Lipinski definition) is 8. The van der Waals surface area contributed by atoms with Gasteiger partial charge >= 0.3 is 11.9 Å². The van der Waals surface area contributed by atoms with Crippen molar-refractivity contribution in [2.75, 3.05) is 14.2 Å². The minimum Gasteiger partial charge on any atom is -0.496 e. The van der Waals surface area contributed by atoms with Crippen molar-refractivity contribution in [3.63, 3.8) is 0 Å². The van der Waals surface area contributed by atoms with E-state index in [1.165, 1.54) is 38.5 Å². The first-order valence-electron chi connectivity index (χ1n) is 8.90. The molecule has 0 atom stereocenters. The molecule has 32 heavy (non-hydrogen) atoms. The Bertz CT molecular complexity index is 1090. The fourth-order valence-corrected chi connectivity index (χ4v) is 3.43. The predicted molar refractivity (Wildman–Crippen MR) is 118 cm³/mol. The van der Waals surface area contributed by atoms with E-state index in [4.69, 9.17) is 53.8 Å². The summed E-state index contributed by atoms with van der Waals surface area (Å²) in [7, 11) is 2.76. The smallest absolute Gasteiger partial charge is 0.350 e. The number of aryl methyl sites for hydroxylation is 1. The second kappa shape index (κ2) is 10.0. The number of carbonyl (C=O) groups is 2. The lowest BCUT2D eigenvalue weighted by molar-refractivity contribution is 0.0700. The van der Waals surface area contributed by atoms with E-state index in [0.29, 0.717) is 5.56 Å². The number of rotatable bonds is 6. The number of methoxy groups -OCH3 is 2. The maximum absolute atomic E-state index is 12.6. The molecule has 0 radical (unpaired) electrons. The zero-order valence-electron chi connectivity index (χ0n) is 16.9. The van der Waals surface area contributed by atoms with E-state index >= 15 is 0 Å². The fraction of sp³-hybridized carbons (Fsp3) is 0.143. The molecule has 11 heteroatoms. The van der Waals surface area contributed by atoms with Gasteiger partial charge in [-0.1, -0.05) is 40.9 Å². The topological polar surface area (TPSA) is 96.8 Å². The van der Waals surface area contributed by atoms with Gasteiger partial charge in [-0.15, -0.1) is 10.2 Å². The SMILES string of the molecule is COc1c(C)ccc(Cl)c1C(=O)Oc1ccc(OC(=O)c2c(Cl)ccc(Cl)c2OC)nn1. The molecule has 0 aliphatic heterocycles. The van der Waals surface area contributed by atoms with Crippen molar-refractivity contribution in [2.24, 2.45) is 0 Å². The lowest BCUT2D eigenvalue weighted by atomic mass is 10.1. The molecule has 2 aromatic carbocycles. The van der Waals surface area contributed by atoms with Gasteiger partial charge in [-0.05, 0) is 30.7 Å². The van der Waals surface area contributed by atoms with Crippen molar-refractivity contribution in [1.29, 1.82) is 0 Å². The number of carbonyl (C=O) groups excluding carboxylic acids is 2. The Morgan fingerprint density at radius 2 is 1.12 bits per heavy atom.